The zero-order chi connectivity index (χ0) is 14.0. The van der Waals surface area contributed by atoms with Crippen LogP contribution in [0.3, 0.4) is 0 Å². The fraction of sp³-hybridized carbons (Fsp3) is 0.625. The van der Waals surface area contributed by atoms with E-state index >= 15 is 0 Å². The van der Waals surface area contributed by atoms with Crippen LogP contribution in [0.5, 0.6) is 5.75 Å². The van der Waals surface area contributed by atoms with Crippen molar-refractivity contribution in [1.82, 2.24) is 0 Å². The van der Waals surface area contributed by atoms with E-state index in [-0.39, 0.29) is 6.10 Å². The van der Waals surface area contributed by atoms with Crippen molar-refractivity contribution in [3.8, 4) is 5.75 Å². The van der Waals surface area contributed by atoms with Crippen LogP contribution in [0.25, 0.3) is 0 Å². The molecule has 1 saturated heterocycles. The van der Waals surface area contributed by atoms with Gasteiger partial charge in [0.05, 0.1) is 19.3 Å². The molecule has 112 valence electrons. The van der Waals surface area contributed by atoms with Crippen LogP contribution in [0.2, 0.25) is 0 Å². The summed E-state index contributed by atoms with van der Waals surface area (Å²) in [4.78, 5) is 0. The molecule has 1 aromatic rings. The van der Waals surface area contributed by atoms with Crippen molar-refractivity contribution in [3.05, 3.63) is 29.8 Å². The molecule has 4 heteroatoms. The van der Waals surface area contributed by atoms with Crippen LogP contribution in [0, 0.1) is 0 Å². The van der Waals surface area contributed by atoms with Gasteiger partial charge >= 0.3 is 0 Å². The van der Waals surface area contributed by atoms with Crippen molar-refractivity contribution in [2.45, 2.75) is 31.8 Å². The van der Waals surface area contributed by atoms with E-state index in [0.717, 1.165) is 25.2 Å². The second-order valence-corrected chi connectivity index (χ2v) is 5.09. The average molecular weight is 279 g/mol. The highest BCUT2D eigenvalue weighted by molar-refractivity contribution is 5.27. The first-order valence-corrected chi connectivity index (χ1v) is 7.49. The summed E-state index contributed by atoms with van der Waals surface area (Å²) in [5, 5.41) is 0. The molecule has 1 fully saturated rings. The second-order valence-electron chi connectivity index (χ2n) is 5.09. The quantitative estimate of drug-likeness (QED) is 0.741. The molecule has 4 nitrogen and oxygen atoms in total. The Bertz CT molecular complexity index is 360. The van der Waals surface area contributed by atoms with E-state index in [1.54, 1.807) is 0 Å². The Morgan fingerprint density at radius 2 is 2.00 bits per heavy atom. The first-order valence-electron chi connectivity index (χ1n) is 7.49. The molecule has 0 saturated carbocycles. The first kappa shape index (κ1) is 15.3. The van der Waals surface area contributed by atoms with Crippen molar-refractivity contribution in [2.75, 3.05) is 33.0 Å². The zero-order valence-electron chi connectivity index (χ0n) is 12.1. The summed E-state index contributed by atoms with van der Waals surface area (Å²) < 4.78 is 16.8. The summed E-state index contributed by atoms with van der Waals surface area (Å²) in [6, 6.07) is 8.07. The molecule has 1 unspecified atom stereocenters. The van der Waals surface area contributed by atoms with Crippen molar-refractivity contribution >= 4 is 0 Å². The highest BCUT2D eigenvalue weighted by atomic mass is 16.5. The number of hydrogen-bond acceptors (Lipinski definition) is 4. The third kappa shape index (κ3) is 5.49. The summed E-state index contributed by atoms with van der Waals surface area (Å²) in [5.41, 5.74) is 6.76. The summed E-state index contributed by atoms with van der Waals surface area (Å²) >= 11 is 0. The number of ether oxygens (including phenoxy) is 3. The van der Waals surface area contributed by atoms with Crippen LogP contribution < -0.4 is 10.5 Å². The Morgan fingerprint density at radius 1 is 1.15 bits per heavy atom. The highest BCUT2D eigenvalue weighted by Crippen LogP contribution is 2.13. The van der Waals surface area contributed by atoms with Gasteiger partial charge in [-0.2, -0.15) is 0 Å². The van der Waals surface area contributed by atoms with Crippen molar-refractivity contribution < 1.29 is 14.2 Å². The summed E-state index contributed by atoms with van der Waals surface area (Å²) in [7, 11) is 0. The van der Waals surface area contributed by atoms with Gasteiger partial charge in [0.1, 0.15) is 12.4 Å². The van der Waals surface area contributed by atoms with Crippen molar-refractivity contribution in [1.29, 1.82) is 0 Å². The van der Waals surface area contributed by atoms with Gasteiger partial charge in [0.15, 0.2) is 0 Å². The van der Waals surface area contributed by atoms with Gasteiger partial charge in [-0.3, -0.25) is 0 Å². The normalized spacial score (nSPS) is 18.9. The van der Waals surface area contributed by atoms with E-state index in [9.17, 15) is 0 Å². The van der Waals surface area contributed by atoms with Gasteiger partial charge in [0.25, 0.3) is 0 Å². The van der Waals surface area contributed by atoms with Crippen LogP contribution in [-0.4, -0.2) is 39.1 Å². The zero-order valence-corrected chi connectivity index (χ0v) is 12.1. The molecule has 1 aromatic carbocycles. The van der Waals surface area contributed by atoms with E-state index in [0.29, 0.717) is 26.4 Å². The maximum Gasteiger partial charge on any atom is 0.119 e. The van der Waals surface area contributed by atoms with Crippen LogP contribution >= 0.6 is 0 Å². The first-order chi connectivity index (χ1) is 9.88. The molecular formula is C16H25NO3. The van der Waals surface area contributed by atoms with E-state index < -0.39 is 0 Å². The molecule has 2 N–H and O–H groups in total. The van der Waals surface area contributed by atoms with Gasteiger partial charge in [0.2, 0.25) is 0 Å². The molecule has 20 heavy (non-hydrogen) atoms. The van der Waals surface area contributed by atoms with Gasteiger partial charge in [-0.1, -0.05) is 12.1 Å². The Labute approximate surface area is 121 Å². The summed E-state index contributed by atoms with van der Waals surface area (Å²) in [6.07, 6.45) is 4.73. The summed E-state index contributed by atoms with van der Waals surface area (Å²) in [6.45, 7) is 3.41. The molecule has 0 bridgehead atoms. The average Bonchev–Trinajstić information content (AvgIpc) is 2.50. The van der Waals surface area contributed by atoms with Gasteiger partial charge < -0.3 is 19.9 Å². The fourth-order valence-corrected chi connectivity index (χ4v) is 2.29. The van der Waals surface area contributed by atoms with E-state index in [2.05, 4.69) is 12.1 Å². The molecule has 0 aliphatic carbocycles. The Balaban J connectivity index is 1.56. The molecular weight excluding hydrogens is 254 g/mol. The lowest BCUT2D eigenvalue weighted by Crippen LogP contribution is -2.25. The lowest BCUT2D eigenvalue weighted by Gasteiger charge is -2.22. The topological polar surface area (TPSA) is 53.7 Å². The number of hydrogen-bond donors (Lipinski definition) is 1. The number of benzene rings is 1. The standard InChI is InChI=1S/C16H25NO3/c17-9-8-14-4-6-15(7-5-14)20-12-11-18-13-16-3-1-2-10-19-16/h4-7,16H,1-3,8-13,17H2. The maximum atomic E-state index is 5.63. The van der Waals surface area contributed by atoms with Crippen molar-refractivity contribution in [3.63, 3.8) is 0 Å². The maximum absolute atomic E-state index is 5.63. The molecule has 1 atom stereocenters. The highest BCUT2D eigenvalue weighted by Gasteiger charge is 2.13. The van der Waals surface area contributed by atoms with E-state index in [4.69, 9.17) is 19.9 Å². The van der Waals surface area contributed by atoms with Crippen LogP contribution in [-0.2, 0) is 15.9 Å². The SMILES string of the molecule is NCCc1ccc(OCCOCC2CCCCO2)cc1. The lowest BCUT2D eigenvalue weighted by molar-refractivity contribution is -0.0444. The Morgan fingerprint density at radius 3 is 2.70 bits per heavy atom. The largest absolute Gasteiger partial charge is 0.491 e. The fourth-order valence-electron chi connectivity index (χ4n) is 2.29. The lowest BCUT2D eigenvalue weighted by atomic mass is 10.1. The van der Waals surface area contributed by atoms with Gasteiger partial charge in [-0.05, 0) is 49.9 Å². The predicted molar refractivity (Wildman–Crippen MR) is 79.1 cm³/mol. The molecule has 0 amide bonds. The van der Waals surface area contributed by atoms with Gasteiger partial charge in [0, 0.05) is 6.61 Å². The Kier molecular flexibility index (Phi) is 6.84. The second kappa shape index (κ2) is 8.95. The molecule has 2 rings (SSSR count). The molecule has 0 aromatic heterocycles. The molecule has 1 aliphatic heterocycles. The van der Waals surface area contributed by atoms with Crippen LogP contribution in [0.1, 0.15) is 24.8 Å². The van der Waals surface area contributed by atoms with E-state index in [1.165, 1.54) is 18.4 Å². The van der Waals surface area contributed by atoms with Crippen molar-refractivity contribution in [2.24, 2.45) is 5.73 Å². The predicted octanol–water partition coefficient (Wildman–Crippen LogP) is 2.15. The number of rotatable bonds is 8. The van der Waals surface area contributed by atoms with Gasteiger partial charge in [-0.15, -0.1) is 0 Å². The molecule has 0 radical (unpaired) electrons. The number of nitrogens with two attached hydrogens (primary N) is 1. The third-order valence-electron chi connectivity index (χ3n) is 3.43. The van der Waals surface area contributed by atoms with Crippen LogP contribution in [0.15, 0.2) is 24.3 Å². The monoisotopic (exact) mass is 279 g/mol. The smallest absolute Gasteiger partial charge is 0.119 e. The summed E-state index contributed by atoms with van der Waals surface area (Å²) in [5.74, 6) is 0.878. The molecule has 1 heterocycles. The molecule has 1 aliphatic rings. The minimum Gasteiger partial charge on any atom is -0.491 e. The van der Waals surface area contributed by atoms with Gasteiger partial charge in [-0.25, -0.2) is 0 Å². The van der Waals surface area contributed by atoms with E-state index in [1.807, 2.05) is 12.1 Å². The Hall–Kier alpha value is -1.10. The minimum atomic E-state index is 0.277. The van der Waals surface area contributed by atoms with Crippen LogP contribution in [0.4, 0.5) is 0 Å². The molecule has 0 spiro atoms. The third-order valence-corrected chi connectivity index (χ3v) is 3.43. The minimum absolute atomic E-state index is 0.277.